The summed E-state index contributed by atoms with van der Waals surface area (Å²) in [7, 11) is 0. The molecule has 0 amide bonds. The van der Waals surface area contributed by atoms with Crippen molar-refractivity contribution >= 4 is 5.97 Å². The summed E-state index contributed by atoms with van der Waals surface area (Å²) < 4.78 is 25.6. The highest BCUT2D eigenvalue weighted by atomic mass is 19.3. The van der Waals surface area contributed by atoms with E-state index in [1.54, 1.807) is 13.0 Å². The van der Waals surface area contributed by atoms with E-state index < -0.39 is 18.8 Å². The van der Waals surface area contributed by atoms with Crippen molar-refractivity contribution in [1.82, 2.24) is 0 Å². The van der Waals surface area contributed by atoms with Crippen molar-refractivity contribution in [2.24, 2.45) is 0 Å². The van der Waals surface area contributed by atoms with Gasteiger partial charge < -0.3 is 5.11 Å². The minimum absolute atomic E-state index is 0.119. The van der Waals surface area contributed by atoms with Gasteiger partial charge in [-0.25, -0.2) is 8.78 Å². The summed E-state index contributed by atoms with van der Waals surface area (Å²) in [6.07, 6.45) is -2.81. The van der Waals surface area contributed by atoms with Crippen molar-refractivity contribution in [2.75, 3.05) is 0 Å². The lowest BCUT2D eigenvalue weighted by molar-refractivity contribution is -0.136. The van der Waals surface area contributed by atoms with Crippen LogP contribution in [-0.4, -0.2) is 11.1 Å². The second-order valence-electron chi connectivity index (χ2n) is 3.54. The molecule has 5 heteroatoms. The maximum atomic E-state index is 12.8. The van der Waals surface area contributed by atoms with Crippen LogP contribution in [0.4, 0.5) is 8.78 Å². The van der Waals surface area contributed by atoms with Crippen LogP contribution in [0, 0.1) is 11.3 Å². The number of carboxylic acid groups (broad SMARTS) is 1. The van der Waals surface area contributed by atoms with Crippen LogP contribution in [0.1, 0.15) is 35.6 Å². The van der Waals surface area contributed by atoms with E-state index in [0.29, 0.717) is 12.0 Å². The molecular weight excluding hydrogens is 228 g/mol. The van der Waals surface area contributed by atoms with Crippen LogP contribution in [0.25, 0.3) is 0 Å². The molecule has 0 radical (unpaired) electrons. The van der Waals surface area contributed by atoms with Crippen molar-refractivity contribution in [2.45, 2.75) is 26.2 Å². The summed E-state index contributed by atoms with van der Waals surface area (Å²) in [6, 6.07) is 4.32. The lowest BCUT2D eigenvalue weighted by Gasteiger charge is -2.12. The Kier molecular flexibility index (Phi) is 4.16. The number of rotatable bonds is 4. The number of aryl methyl sites for hydroxylation is 1. The molecule has 0 heterocycles. The smallest absolute Gasteiger partial charge is 0.307 e. The Morgan fingerprint density at radius 2 is 2.18 bits per heavy atom. The Hall–Kier alpha value is -1.96. The van der Waals surface area contributed by atoms with Crippen LogP contribution in [0.2, 0.25) is 0 Å². The van der Waals surface area contributed by atoms with Crippen LogP contribution < -0.4 is 0 Å². The molecule has 0 unspecified atom stereocenters. The van der Waals surface area contributed by atoms with Gasteiger partial charge in [-0.1, -0.05) is 6.92 Å². The van der Waals surface area contributed by atoms with Crippen LogP contribution in [-0.2, 0) is 17.6 Å². The number of halogens is 2. The normalized spacial score (nSPS) is 10.3. The molecule has 1 aromatic carbocycles. The molecular formula is C12H11F2NO2. The topological polar surface area (TPSA) is 61.1 Å². The Morgan fingerprint density at radius 1 is 1.53 bits per heavy atom. The van der Waals surface area contributed by atoms with E-state index >= 15 is 0 Å². The number of hydrogen-bond acceptors (Lipinski definition) is 2. The minimum Gasteiger partial charge on any atom is -0.481 e. The number of carbonyl (C=O) groups is 1. The van der Waals surface area contributed by atoms with E-state index in [1.165, 1.54) is 6.07 Å². The predicted molar refractivity (Wildman–Crippen MR) is 56.8 cm³/mol. The summed E-state index contributed by atoms with van der Waals surface area (Å²) >= 11 is 0. The van der Waals surface area contributed by atoms with Gasteiger partial charge in [-0.15, -0.1) is 0 Å². The van der Waals surface area contributed by atoms with Gasteiger partial charge in [-0.3, -0.25) is 4.79 Å². The number of hydrogen-bond donors (Lipinski definition) is 1. The van der Waals surface area contributed by atoms with E-state index in [9.17, 15) is 13.6 Å². The Bertz CT molecular complexity index is 478. The highest BCUT2D eigenvalue weighted by Gasteiger charge is 2.19. The standard InChI is InChI=1S/C12H11F2NO2/c1-2-8-3-7(6-15)4-10(12(13)14)9(8)5-11(16)17/h3-4,12H,2,5H2,1H3,(H,16,17). The molecule has 0 aromatic heterocycles. The average molecular weight is 239 g/mol. The Morgan fingerprint density at radius 3 is 2.59 bits per heavy atom. The third-order valence-corrected chi connectivity index (χ3v) is 2.45. The number of aliphatic carboxylic acids is 1. The van der Waals surface area contributed by atoms with Crippen molar-refractivity contribution in [3.8, 4) is 6.07 Å². The fourth-order valence-corrected chi connectivity index (χ4v) is 1.70. The van der Waals surface area contributed by atoms with E-state index in [2.05, 4.69) is 0 Å². The highest BCUT2D eigenvalue weighted by Crippen LogP contribution is 2.28. The Balaban J connectivity index is 3.41. The van der Waals surface area contributed by atoms with Crippen LogP contribution in [0.3, 0.4) is 0 Å². The first-order chi connectivity index (χ1) is 7.99. The molecule has 0 saturated carbocycles. The summed E-state index contributed by atoms with van der Waals surface area (Å²) in [5.41, 5.74) is 0.380. The minimum atomic E-state index is -2.78. The summed E-state index contributed by atoms with van der Waals surface area (Å²) in [5.74, 6) is -1.16. The van der Waals surface area contributed by atoms with Gasteiger partial charge in [0.2, 0.25) is 0 Å². The van der Waals surface area contributed by atoms with Gasteiger partial charge in [0, 0.05) is 5.56 Å². The zero-order valence-corrected chi connectivity index (χ0v) is 9.20. The first-order valence-corrected chi connectivity index (χ1v) is 5.05. The molecule has 0 aliphatic carbocycles. The van der Waals surface area contributed by atoms with E-state index in [-0.39, 0.29) is 16.7 Å². The van der Waals surface area contributed by atoms with Gasteiger partial charge >= 0.3 is 5.97 Å². The summed E-state index contributed by atoms with van der Waals surface area (Å²) in [6.45, 7) is 1.73. The number of nitrogens with zero attached hydrogens (tertiary/aromatic N) is 1. The van der Waals surface area contributed by atoms with Crippen molar-refractivity contribution in [3.63, 3.8) is 0 Å². The lowest BCUT2D eigenvalue weighted by atomic mass is 9.94. The second kappa shape index (κ2) is 5.39. The van der Waals surface area contributed by atoms with Gasteiger partial charge in [0.1, 0.15) is 0 Å². The third-order valence-electron chi connectivity index (χ3n) is 2.45. The second-order valence-corrected chi connectivity index (χ2v) is 3.54. The SMILES string of the molecule is CCc1cc(C#N)cc(C(F)F)c1CC(=O)O. The first kappa shape index (κ1) is 13.1. The molecule has 0 aliphatic heterocycles. The van der Waals surface area contributed by atoms with Crippen molar-refractivity contribution in [1.29, 1.82) is 5.26 Å². The molecule has 0 aliphatic rings. The van der Waals surface area contributed by atoms with Crippen LogP contribution in [0.5, 0.6) is 0 Å². The molecule has 3 nitrogen and oxygen atoms in total. The van der Waals surface area contributed by atoms with Gasteiger partial charge in [0.05, 0.1) is 18.1 Å². The van der Waals surface area contributed by atoms with Gasteiger partial charge in [-0.2, -0.15) is 5.26 Å². The first-order valence-electron chi connectivity index (χ1n) is 5.05. The molecule has 1 aromatic rings. The summed E-state index contributed by atoms with van der Waals surface area (Å²) in [5, 5.41) is 17.4. The maximum absolute atomic E-state index is 12.8. The Labute approximate surface area is 97.3 Å². The van der Waals surface area contributed by atoms with Crippen molar-refractivity contribution in [3.05, 3.63) is 34.4 Å². The molecule has 1 N–H and O–H groups in total. The largest absolute Gasteiger partial charge is 0.481 e. The molecule has 17 heavy (non-hydrogen) atoms. The fourth-order valence-electron chi connectivity index (χ4n) is 1.70. The van der Waals surface area contributed by atoms with E-state index in [4.69, 9.17) is 10.4 Å². The number of nitriles is 1. The molecule has 0 atom stereocenters. The number of carboxylic acids is 1. The molecule has 0 saturated heterocycles. The van der Waals surface area contributed by atoms with Crippen molar-refractivity contribution < 1.29 is 18.7 Å². The van der Waals surface area contributed by atoms with Crippen LogP contribution in [0.15, 0.2) is 12.1 Å². The van der Waals surface area contributed by atoms with E-state index in [0.717, 1.165) is 6.07 Å². The number of benzene rings is 1. The maximum Gasteiger partial charge on any atom is 0.307 e. The van der Waals surface area contributed by atoms with Crippen LogP contribution >= 0.6 is 0 Å². The molecule has 90 valence electrons. The molecule has 0 bridgehead atoms. The van der Waals surface area contributed by atoms with Gasteiger partial charge in [0.25, 0.3) is 6.43 Å². The zero-order chi connectivity index (χ0) is 13.0. The molecule has 0 spiro atoms. The zero-order valence-electron chi connectivity index (χ0n) is 9.20. The van der Waals surface area contributed by atoms with Gasteiger partial charge in [-0.05, 0) is 29.7 Å². The lowest BCUT2D eigenvalue weighted by Crippen LogP contribution is -2.08. The fraction of sp³-hybridized carbons (Fsp3) is 0.333. The predicted octanol–water partition coefficient (Wildman–Crippen LogP) is 2.69. The average Bonchev–Trinajstić information content (AvgIpc) is 2.28. The monoisotopic (exact) mass is 239 g/mol. The van der Waals surface area contributed by atoms with Gasteiger partial charge in [0.15, 0.2) is 0 Å². The number of alkyl halides is 2. The summed E-state index contributed by atoms with van der Waals surface area (Å²) in [4.78, 5) is 10.7. The van der Waals surface area contributed by atoms with E-state index in [1.807, 2.05) is 0 Å². The quantitative estimate of drug-likeness (QED) is 0.878. The molecule has 1 rings (SSSR count). The third kappa shape index (κ3) is 3.00. The highest BCUT2D eigenvalue weighted by molar-refractivity contribution is 5.71. The molecule has 0 fully saturated rings.